The van der Waals surface area contributed by atoms with E-state index in [1.165, 1.54) is 0 Å². The average molecular weight is 234 g/mol. The smallest absolute Gasteiger partial charge is 0.154 e. The Bertz CT molecular complexity index is 139. The van der Waals surface area contributed by atoms with E-state index >= 15 is 0 Å². The van der Waals surface area contributed by atoms with Crippen LogP contribution < -0.4 is 0 Å². The highest BCUT2D eigenvalue weighted by molar-refractivity contribution is 4.40. The molecule has 0 rings (SSSR count). The fraction of sp³-hybridized carbons (Fsp3) is 1.00. The minimum atomic E-state index is -0.154. The number of unbranched alkanes of at least 4 members (excludes halogenated alkanes) is 1. The van der Waals surface area contributed by atoms with Crippen LogP contribution in [0.15, 0.2) is 0 Å². The van der Waals surface area contributed by atoms with Gasteiger partial charge < -0.3 is 18.9 Å². The minimum Gasteiger partial charge on any atom is -0.385 e. The monoisotopic (exact) mass is 234 g/mol. The molecule has 4 heteroatoms. The summed E-state index contributed by atoms with van der Waals surface area (Å²) in [6, 6.07) is 0. The second-order valence-corrected chi connectivity index (χ2v) is 3.93. The highest BCUT2D eigenvalue weighted by atomic mass is 16.7. The van der Waals surface area contributed by atoms with Crippen LogP contribution in [0.1, 0.15) is 33.6 Å². The van der Waals surface area contributed by atoms with E-state index in [4.69, 9.17) is 18.9 Å². The first-order valence-electron chi connectivity index (χ1n) is 6.00. The van der Waals surface area contributed by atoms with Crippen molar-refractivity contribution in [1.82, 2.24) is 0 Å². The van der Waals surface area contributed by atoms with Crippen molar-refractivity contribution in [3.63, 3.8) is 0 Å². The quantitative estimate of drug-likeness (QED) is 0.406. The lowest BCUT2D eigenvalue weighted by molar-refractivity contribution is -0.142. The molecule has 1 unspecified atom stereocenters. The van der Waals surface area contributed by atoms with E-state index < -0.39 is 0 Å². The minimum absolute atomic E-state index is 0.154. The number of ether oxygens (including phenoxy) is 4. The van der Waals surface area contributed by atoms with E-state index in [2.05, 4.69) is 0 Å². The zero-order valence-corrected chi connectivity index (χ0v) is 11.0. The SMILES string of the molecule is COCCCCOC(C)OCCOC(C)C. The number of hydrogen-bond acceptors (Lipinski definition) is 4. The highest BCUT2D eigenvalue weighted by Crippen LogP contribution is 1.98. The molecule has 0 heterocycles. The predicted octanol–water partition coefficient (Wildman–Crippen LogP) is 2.22. The van der Waals surface area contributed by atoms with E-state index in [1.807, 2.05) is 20.8 Å². The second-order valence-electron chi connectivity index (χ2n) is 3.93. The summed E-state index contributed by atoms with van der Waals surface area (Å²) in [5.41, 5.74) is 0. The Morgan fingerprint density at radius 2 is 1.31 bits per heavy atom. The highest BCUT2D eigenvalue weighted by Gasteiger charge is 2.01. The van der Waals surface area contributed by atoms with E-state index in [9.17, 15) is 0 Å². The number of rotatable bonds is 11. The van der Waals surface area contributed by atoms with Gasteiger partial charge in [-0.3, -0.25) is 0 Å². The van der Waals surface area contributed by atoms with Crippen molar-refractivity contribution in [3.8, 4) is 0 Å². The van der Waals surface area contributed by atoms with E-state index in [-0.39, 0.29) is 12.4 Å². The van der Waals surface area contributed by atoms with Gasteiger partial charge in [0.1, 0.15) is 0 Å². The van der Waals surface area contributed by atoms with Gasteiger partial charge >= 0.3 is 0 Å². The van der Waals surface area contributed by atoms with Crippen LogP contribution in [0, 0.1) is 0 Å². The molecule has 1 atom stereocenters. The van der Waals surface area contributed by atoms with Gasteiger partial charge in [-0.15, -0.1) is 0 Å². The normalized spacial score (nSPS) is 13.3. The lowest BCUT2D eigenvalue weighted by Crippen LogP contribution is -2.18. The van der Waals surface area contributed by atoms with Gasteiger partial charge in [0.05, 0.1) is 19.3 Å². The molecule has 0 saturated carbocycles. The van der Waals surface area contributed by atoms with E-state index in [1.54, 1.807) is 7.11 Å². The zero-order chi connectivity index (χ0) is 12.2. The first-order valence-corrected chi connectivity index (χ1v) is 6.00. The fourth-order valence-corrected chi connectivity index (χ4v) is 1.14. The van der Waals surface area contributed by atoms with Crippen molar-refractivity contribution in [2.45, 2.75) is 46.0 Å². The molecule has 0 aliphatic carbocycles. The van der Waals surface area contributed by atoms with Gasteiger partial charge in [-0.2, -0.15) is 0 Å². The molecule has 0 saturated heterocycles. The maximum absolute atomic E-state index is 5.46. The maximum atomic E-state index is 5.46. The van der Waals surface area contributed by atoms with Crippen molar-refractivity contribution in [2.24, 2.45) is 0 Å². The van der Waals surface area contributed by atoms with Crippen molar-refractivity contribution < 1.29 is 18.9 Å². The summed E-state index contributed by atoms with van der Waals surface area (Å²) in [5, 5.41) is 0. The summed E-state index contributed by atoms with van der Waals surface area (Å²) in [6.45, 7) is 8.64. The standard InChI is InChI=1S/C12H26O4/c1-11(2)14-9-10-16-12(3)15-8-6-5-7-13-4/h11-12H,5-10H2,1-4H3. The largest absolute Gasteiger partial charge is 0.385 e. The average Bonchev–Trinajstić information content (AvgIpc) is 2.24. The van der Waals surface area contributed by atoms with E-state index in [0.717, 1.165) is 26.1 Å². The second kappa shape index (κ2) is 11.3. The van der Waals surface area contributed by atoms with Gasteiger partial charge in [0.2, 0.25) is 0 Å². The summed E-state index contributed by atoms with van der Waals surface area (Å²) >= 11 is 0. The molecule has 0 aliphatic rings. The molecule has 0 amide bonds. The van der Waals surface area contributed by atoms with Gasteiger partial charge in [0, 0.05) is 20.3 Å². The number of hydrogen-bond donors (Lipinski definition) is 0. The van der Waals surface area contributed by atoms with Gasteiger partial charge in [0.15, 0.2) is 6.29 Å². The summed E-state index contributed by atoms with van der Waals surface area (Å²) in [7, 11) is 1.71. The van der Waals surface area contributed by atoms with Crippen molar-refractivity contribution in [1.29, 1.82) is 0 Å². The van der Waals surface area contributed by atoms with Gasteiger partial charge in [-0.25, -0.2) is 0 Å². The van der Waals surface area contributed by atoms with Gasteiger partial charge in [-0.1, -0.05) is 0 Å². The van der Waals surface area contributed by atoms with Crippen LogP contribution >= 0.6 is 0 Å². The molecule has 4 nitrogen and oxygen atoms in total. The van der Waals surface area contributed by atoms with E-state index in [0.29, 0.717) is 13.2 Å². The lowest BCUT2D eigenvalue weighted by Gasteiger charge is -2.14. The topological polar surface area (TPSA) is 36.9 Å². The molecule has 16 heavy (non-hydrogen) atoms. The summed E-state index contributed by atoms with van der Waals surface area (Å²) in [4.78, 5) is 0. The number of methoxy groups -OCH3 is 1. The Labute approximate surface area is 99.2 Å². The first-order chi connectivity index (χ1) is 7.66. The Balaban J connectivity index is 3.15. The Morgan fingerprint density at radius 1 is 0.750 bits per heavy atom. The van der Waals surface area contributed by atoms with Crippen LogP contribution in [-0.2, 0) is 18.9 Å². The molecule has 0 fully saturated rings. The predicted molar refractivity (Wildman–Crippen MR) is 63.6 cm³/mol. The van der Waals surface area contributed by atoms with Crippen LogP contribution in [0.2, 0.25) is 0 Å². The Hall–Kier alpha value is -0.160. The molecule has 0 N–H and O–H groups in total. The molecule has 0 aliphatic heterocycles. The van der Waals surface area contributed by atoms with Gasteiger partial charge in [-0.05, 0) is 33.6 Å². The third-order valence-corrected chi connectivity index (χ3v) is 1.98. The summed E-state index contributed by atoms with van der Waals surface area (Å²) in [6.07, 6.45) is 2.14. The molecular formula is C12H26O4. The first kappa shape index (κ1) is 15.8. The molecule has 0 aromatic heterocycles. The van der Waals surface area contributed by atoms with Crippen LogP contribution in [-0.4, -0.2) is 45.9 Å². The van der Waals surface area contributed by atoms with Crippen molar-refractivity contribution >= 4 is 0 Å². The van der Waals surface area contributed by atoms with Gasteiger partial charge in [0.25, 0.3) is 0 Å². The lowest BCUT2D eigenvalue weighted by atomic mass is 10.3. The summed E-state index contributed by atoms with van der Waals surface area (Å²) < 4.78 is 21.2. The fourth-order valence-electron chi connectivity index (χ4n) is 1.14. The Morgan fingerprint density at radius 3 is 1.94 bits per heavy atom. The molecule has 0 radical (unpaired) electrons. The van der Waals surface area contributed by atoms with Crippen LogP contribution in [0.3, 0.4) is 0 Å². The summed E-state index contributed by atoms with van der Waals surface area (Å²) in [5.74, 6) is 0. The third kappa shape index (κ3) is 11.9. The van der Waals surface area contributed by atoms with Crippen LogP contribution in [0.25, 0.3) is 0 Å². The maximum Gasteiger partial charge on any atom is 0.154 e. The molecule has 0 bridgehead atoms. The van der Waals surface area contributed by atoms with Crippen molar-refractivity contribution in [2.75, 3.05) is 33.5 Å². The van der Waals surface area contributed by atoms with Crippen molar-refractivity contribution in [3.05, 3.63) is 0 Å². The molecule has 0 aromatic carbocycles. The Kier molecular flexibility index (Phi) is 11.2. The third-order valence-electron chi connectivity index (χ3n) is 1.98. The molecule has 0 aromatic rings. The zero-order valence-electron chi connectivity index (χ0n) is 11.0. The molecule has 98 valence electrons. The van der Waals surface area contributed by atoms with Crippen LogP contribution in [0.4, 0.5) is 0 Å². The molecule has 0 spiro atoms. The van der Waals surface area contributed by atoms with Crippen LogP contribution in [0.5, 0.6) is 0 Å². The molecular weight excluding hydrogens is 208 g/mol.